The third kappa shape index (κ3) is 5.46. The van der Waals surface area contributed by atoms with Crippen molar-refractivity contribution >= 4 is 36.5 Å². The number of halogens is 2. The summed E-state index contributed by atoms with van der Waals surface area (Å²) in [6, 6.07) is 3.52. The Hall–Kier alpha value is -1.11. The predicted molar refractivity (Wildman–Crippen MR) is 102 cm³/mol. The van der Waals surface area contributed by atoms with Crippen LogP contribution in [0.15, 0.2) is 18.3 Å². The minimum absolute atomic E-state index is 0. The highest BCUT2D eigenvalue weighted by molar-refractivity contribution is 5.85. The standard InChI is InChI=1S/C16H27N5O.2ClH/c1-16(2,3)14(17)15(22)20(4)12-7-6-10-21(11-12)13-8-5-9-18-19-13;;/h5,8-9,12,14H,6-7,10-11,17H2,1-4H3;2*1H/t12?,14-;;/m1../s1. The largest absolute Gasteiger partial charge is 0.353 e. The minimum Gasteiger partial charge on any atom is -0.353 e. The molecule has 1 fully saturated rings. The van der Waals surface area contributed by atoms with Crippen LogP contribution in [0.5, 0.6) is 0 Å². The smallest absolute Gasteiger partial charge is 0.240 e. The van der Waals surface area contributed by atoms with Crippen molar-refractivity contribution < 1.29 is 4.79 Å². The number of hydrogen-bond donors (Lipinski definition) is 1. The van der Waals surface area contributed by atoms with E-state index in [2.05, 4.69) is 15.1 Å². The van der Waals surface area contributed by atoms with Gasteiger partial charge in [0, 0.05) is 32.4 Å². The quantitative estimate of drug-likeness (QED) is 0.872. The molecule has 0 aromatic carbocycles. The maximum Gasteiger partial charge on any atom is 0.240 e. The van der Waals surface area contributed by atoms with Crippen LogP contribution in [0.3, 0.4) is 0 Å². The molecule has 1 aliphatic rings. The van der Waals surface area contributed by atoms with Crippen molar-refractivity contribution in [1.29, 1.82) is 0 Å². The molecule has 0 radical (unpaired) electrons. The molecule has 2 rings (SSSR count). The summed E-state index contributed by atoms with van der Waals surface area (Å²) in [7, 11) is 1.86. The van der Waals surface area contributed by atoms with Crippen LogP contribution < -0.4 is 10.6 Å². The molecule has 1 aromatic heterocycles. The van der Waals surface area contributed by atoms with Gasteiger partial charge in [0.15, 0.2) is 5.82 Å². The number of nitrogens with zero attached hydrogens (tertiary/aromatic N) is 4. The SMILES string of the molecule is CN(C(=O)[C@@H](N)C(C)(C)C)C1CCCN(c2cccnn2)C1.Cl.Cl. The maximum atomic E-state index is 12.6. The molecule has 2 atom stereocenters. The molecule has 1 saturated heterocycles. The van der Waals surface area contributed by atoms with Crippen LogP contribution in [0.2, 0.25) is 0 Å². The van der Waals surface area contributed by atoms with Crippen molar-refractivity contribution in [1.82, 2.24) is 15.1 Å². The van der Waals surface area contributed by atoms with E-state index in [0.717, 1.165) is 31.7 Å². The Labute approximate surface area is 157 Å². The molecular weight excluding hydrogens is 349 g/mol. The van der Waals surface area contributed by atoms with Crippen molar-refractivity contribution in [2.45, 2.75) is 45.7 Å². The number of rotatable bonds is 3. The lowest BCUT2D eigenvalue weighted by Gasteiger charge is -2.40. The van der Waals surface area contributed by atoms with Gasteiger partial charge in [-0.05, 0) is 30.4 Å². The summed E-state index contributed by atoms with van der Waals surface area (Å²) in [5, 5.41) is 8.10. The van der Waals surface area contributed by atoms with Gasteiger partial charge >= 0.3 is 0 Å². The average molecular weight is 378 g/mol. The summed E-state index contributed by atoms with van der Waals surface area (Å²) in [6.45, 7) is 7.71. The van der Waals surface area contributed by atoms with E-state index in [9.17, 15) is 4.79 Å². The fourth-order valence-electron chi connectivity index (χ4n) is 2.71. The lowest BCUT2D eigenvalue weighted by atomic mass is 9.86. The first-order valence-electron chi connectivity index (χ1n) is 7.85. The number of anilines is 1. The molecule has 1 unspecified atom stereocenters. The third-order valence-corrected chi connectivity index (χ3v) is 4.37. The van der Waals surface area contributed by atoms with Gasteiger partial charge in [-0.3, -0.25) is 4.79 Å². The first-order valence-corrected chi connectivity index (χ1v) is 7.85. The van der Waals surface area contributed by atoms with E-state index in [-0.39, 0.29) is 42.2 Å². The zero-order chi connectivity index (χ0) is 16.3. The van der Waals surface area contributed by atoms with Crippen LogP contribution >= 0.6 is 24.8 Å². The lowest BCUT2D eigenvalue weighted by molar-refractivity contribution is -0.135. The molecule has 1 amide bonds. The summed E-state index contributed by atoms with van der Waals surface area (Å²) in [5.41, 5.74) is 5.89. The Morgan fingerprint density at radius 1 is 1.42 bits per heavy atom. The molecule has 0 aliphatic carbocycles. The van der Waals surface area contributed by atoms with E-state index >= 15 is 0 Å². The second-order valence-corrected chi connectivity index (χ2v) is 7.12. The van der Waals surface area contributed by atoms with E-state index in [1.807, 2.05) is 44.9 Å². The van der Waals surface area contributed by atoms with Gasteiger partial charge in [0.1, 0.15) is 0 Å². The van der Waals surface area contributed by atoms with Crippen molar-refractivity contribution in [3.05, 3.63) is 18.3 Å². The van der Waals surface area contributed by atoms with Crippen molar-refractivity contribution in [3.63, 3.8) is 0 Å². The van der Waals surface area contributed by atoms with Crippen LogP contribution in [-0.2, 0) is 4.79 Å². The van der Waals surface area contributed by atoms with Crippen LogP contribution in [0, 0.1) is 5.41 Å². The van der Waals surface area contributed by atoms with E-state index in [0.29, 0.717) is 0 Å². The summed E-state index contributed by atoms with van der Waals surface area (Å²) in [5.74, 6) is 0.881. The fourth-order valence-corrected chi connectivity index (χ4v) is 2.71. The topological polar surface area (TPSA) is 75.3 Å². The highest BCUT2D eigenvalue weighted by atomic mass is 35.5. The Bertz CT molecular complexity index is 509. The summed E-state index contributed by atoms with van der Waals surface area (Å²) in [6.07, 6.45) is 3.70. The zero-order valence-electron chi connectivity index (χ0n) is 14.8. The molecule has 24 heavy (non-hydrogen) atoms. The summed E-state index contributed by atoms with van der Waals surface area (Å²) in [4.78, 5) is 16.6. The monoisotopic (exact) mass is 377 g/mol. The first kappa shape index (κ1) is 22.9. The lowest BCUT2D eigenvalue weighted by Crippen LogP contribution is -2.55. The van der Waals surface area contributed by atoms with E-state index in [4.69, 9.17) is 5.73 Å². The number of piperidine rings is 1. The van der Waals surface area contributed by atoms with E-state index in [1.54, 1.807) is 6.20 Å². The molecule has 2 N–H and O–H groups in total. The number of carbonyl (C=O) groups excluding carboxylic acids is 1. The normalized spacial score (nSPS) is 18.9. The Morgan fingerprint density at radius 2 is 2.08 bits per heavy atom. The number of hydrogen-bond acceptors (Lipinski definition) is 5. The Kier molecular flexibility index (Phi) is 8.96. The van der Waals surface area contributed by atoms with Gasteiger partial charge in [0.05, 0.1) is 6.04 Å². The molecule has 0 saturated carbocycles. The van der Waals surface area contributed by atoms with Crippen molar-refractivity contribution in [2.24, 2.45) is 11.1 Å². The molecular formula is C16H29Cl2N5O. The van der Waals surface area contributed by atoms with Crippen LogP contribution in [0.25, 0.3) is 0 Å². The molecule has 1 aliphatic heterocycles. The van der Waals surface area contributed by atoms with Crippen LogP contribution in [0.4, 0.5) is 5.82 Å². The minimum atomic E-state index is -0.482. The average Bonchev–Trinajstić information content (AvgIpc) is 2.53. The summed E-state index contributed by atoms with van der Waals surface area (Å²) >= 11 is 0. The van der Waals surface area contributed by atoms with Crippen molar-refractivity contribution in [3.8, 4) is 0 Å². The van der Waals surface area contributed by atoms with Gasteiger partial charge in [-0.25, -0.2) is 0 Å². The number of nitrogens with two attached hydrogens (primary N) is 1. The first-order chi connectivity index (χ1) is 10.3. The van der Waals surface area contributed by atoms with E-state index < -0.39 is 6.04 Å². The van der Waals surface area contributed by atoms with Gasteiger partial charge in [-0.15, -0.1) is 29.9 Å². The number of carbonyl (C=O) groups is 1. The molecule has 1 aromatic rings. The molecule has 0 bridgehead atoms. The van der Waals surface area contributed by atoms with Gasteiger partial charge in [-0.2, -0.15) is 5.10 Å². The predicted octanol–water partition coefficient (Wildman–Crippen LogP) is 2.12. The number of aromatic nitrogens is 2. The third-order valence-electron chi connectivity index (χ3n) is 4.37. The summed E-state index contributed by atoms with van der Waals surface area (Å²) < 4.78 is 0. The maximum absolute atomic E-state index is 12.6. The van der Waals surface area contributed by atoms with Crippen LogP contribution in [-0.4, -0.2) is 53.2 Å². The fraction of sp³-hybridized carbons (Fsp3) is 0.688. The second-order valence-electron chi connectivity index (χ2n) is 7.12. The van der Waals surface area contributed by atoms with E-state index in [1.165, 1.54) is 0 Å². The van der Waals surface area contributed by atoms with Gasteiger partial charge in [0.2, 0.25) is 5.91 Å². The van der Waals surface area contributed by atoms with Crippen molar-refractivity contribution in [2.75, 3.05) is 25.0 Å². The number of likely N-dealkylation sites (N-methyl/N-ethyl adjacent to an activating group) is 1. The van der Waals surface area contributed by atoms with Gasteiger partial charge in [-0.1, -0.05) is 20.8 Å². The molecule has 0 spiro atoms. The van der Waals surface area contributed by atoms with Crippen LogP contribution in [0.1, 0.15) is 33.6 Å². The molecule has 138 valence electrons. The number of amides is 1. The highest BCUT2D eigenvalue weighted by Crippen LogP contribution is 2.23. The zero-order valence-corrected chi connectivity index (χ0v) is 16.4. The molecule has 8 heteroatoms. The van der Waals surface area contributed by atoms with Gasteiger partial charge in [0.25, 0.3) is 0 Å². The second kappa shape index (κ2) is 9.39. The van der Waals surface area contributed by atoms with Gasteiger partial charge < -0.3 is 15.5 Å². The molecule has 2 heterocycles. The molecule has 6 nitrogen and oxygen atoms in total. The Balaban J connectivity index is 0.00000264. The highest BCUT2D eigenvalue weighted by Gasteiger charge is 2.34. The Morgan fingerprint density at radius 3 is 2.62 bits per heavy atom.